The average molecular weight is 290 g/mol. The monoisotopic (exact) mass is 290 g/mol. The zero-order valence-electron chi connectivity index (χ0n) is 11.4. The summed E-state index contributed by atoms with van der Waals surface area (Å²) in [7, 11) is 1.50. The summed E-state index contributed by atoms with van der Waals surface area (Å²) in [6, 6.07) is 8.91. The number of halogens is 1. The summed E-state index contributed by atoms with van der Waals surface area (Å²) in [5, 5.41) is 0. The second-order valence-corrected chi connectivity index (χ2v) is 4.37. The molecule has 0 bridgehead atoms. The summed E-state index contributed by atoms with van der Waals surface area (Å²) in [6.45, 7) is -0.0231. The molecule has 5 nitrogen and oxygen atoms in total. The Balaban J connectivity index is 2.17. The molecule has 1 amide bonds. The van der Waals surface area contributed by atoms with Crippen molar-refractivity contribution in [3.63, 3.8) is 0 Å². The smallest absolute Gasteiger partial charge is 0.248 e. The summed E-state index contributed by atoms with van der Waals surface area (Å²) in [6.07, 6.45) is 0. The van der Waals surface area contributed by atoms with Crippen LogP contribution in [0.5, 0.6) is 11.5 Å². The third-order valence-corrected chi connectivity index (χ3v) is 2.91. The predicted octanol–water partition coefficient (Wildman–Crippen LogP) is 2.09. The number of carbonyl (C=O) groups is 1. The highest BCUT2D eigenvalue weighted by atomic mass is 19.1. The number of anilines is 1. The molecule has 0 saturated heterocycles. The number of carbonyl (C=O) groups excluding carboxylic acids is 1. The number of benzene rings is 2. The first kappa shape index (κ1) is 14.6. The van der Waals surface area contributed by atoms with Gasteiger partial charge in [-0.1, -0.05) is 6.07 Å². The Labute approximate surface area is 121 Å². The van der Waals surface area contributed by atoms with Crippen molar-refractivity contribution in [1.29, 1.82) is 0 Å². The second-order valence-electron chi connectivity index (χ2n) is 4.37. The third-order valence-electron chi connectivity index (χ3n) is 2.91. The van der Waals surface area contributed by atoms with Crippen molar-refractivity contribution in [2.24, 2.45) is 5.73 Å². The van der Waals surface area contributed by atoms with Crippen LogP contribution < -0.4 is 20.9 Å². The molecule has 0 saturated carbocycles. The maximum Gasteiger partial charge on any atom is 0.248 e. The Bertz CT molecular complexity index is 674. The van der Waals surface area contributed by atoms with Crippen molar-refractivity contribution < 1.29 is 18.7 Å². The van der Waals surface area contributed by atoms with Gasteiger partial charge in [0.1, 0.15) is 12.4 Å². The Morgan fingerprint density at radius 2 is 1.95 bits per heavy atom. The molecular weight excluding hydrogens is 275 g/mol. The van der Waals surface area contributed by atoms with E-state index in [0.29, 0.717) is 22.7 Å². The lowest BCUT2D eigenvalue weighted by molar-refractivity contribution is 0.0999. The first-order chi connectivity index (χ1) is 10.0. The molecule has 2 rings (SSSR count). The number of nitrogen functional groups attached to an aromatic ring is 1. The molecule has 21 heavy (non-hydrogen) atoms. The van der Waals surface area contributed by atoms with Crippen LogP contribution in [-0.4, -0.2) is 13.0 Å². The van der Waals surface area contributed by atoms with E-state index in [1.165, 1.54) is 19.2 Å². The quantitative estimate of drug-likeness (QED) is 0.825. The number of primary amides is 1. The van der Waals surface area contributed by atoms with Crippen molar-refractivity contribution >= 4 is 11.6 Å². The van der Waals surface area contributed by atoms with Gasteiger partial charge in [0.2, 0.25) is 5.91 Å². The second kappa shape index (κ2) is 6.13. The molecule has 0 aromatic heterocycles. The van der Waals surface area contributed by atoms with E-state index in [9.17, 15) is 9.18 Å². The molecule has 0 radical (unpaired) electrons. The van der Waals surface area contributed by atoms with Crippen LogP contribution in [0.3, 0.4) is 0 Å². The van der Waals surface area contributed by atoms with Crippen LogP contribution in [0.15, 0.2) is 36.4 Å². The van der Waals surface area contributed by atoms with E-state index in [1.54, 1.807) is 18.2 Å². The number of methoxy groups -OCH3 is 1. The summed E-state index contributed by atoms with van der Waals surface area (Å²) in [4.78, 5) is 11.0. The molecule has 6 heteroatoms. The third kappa shape index (κ3) is 3.42. The summed E-state index contributed by atoms with van der Waals surface area (Å²) in [5.74, 6) is -0.331. The van der Waals surface area contributed by atoms with Gasteiger partial charge in [-0.15, -0.1) is 0 Å². The van der Waals surface area contributed by atoms with Gasteiger partial charge in [-0.05, 0) is 24.3 Å². The lowest BCUT2D eigenvalue weighted by Gasteiger charge is -2.12. The van der Waals surface area contributed by atoms with Gasteiger partial charge < -0.3 is 20.9 Å². The molecule has 2 aromatic carbocycles. The molecule has 0 atom stereocenters. The minimum Gasteiger partial charge on any atom is -0.493 e. The van der Waals surface area contributed by atoms with Crippen LogP contribution in [-0.2, 0) is 6.61 Å². The summed E-state index contributed by atoms with van der Waals surface area (Å²) in [5.41, 5.74) is 11.7. The topological polar surface area (TPSA) is 87.6 Å². The van der Waals surface area contributed by atoms with Crippen molar-refractivity contribution in [1.82, 2.24) is 0 Å². The van der Waals surface area contributed by atoms with Crippen LogP contribution in [0, 0.1) is 5.82 Å². The zero-order chi connectivity index (χ0) is 15.4. The number of hydrogen-bond donors (Lipinski definition) is 2. The lowest BCUT2D eigenvalue weighted by atomic mass is 10.1. The highest BCUT2D eigenvalue weighted by Crippen LogP contribution is 2.29. The van der Waals surface area contributed by atoms with Crippen LogP contribution in [0.4, 0.5) is 10.1 Å². The van der Waals surface area contributed by atoms with Crippen LogP contribution in [0.2, 0.25) is 0 Å². The van der Waals surface area contributed by atoms with E-state index in [2.05, 4.69) is 0 Å². The highest BCUT2D eigenvalue weighted by Gasteiger charge is 2.10. The number of ether oxygens (including phenoxy) is 2. The molecule has 4 N–H and O–H groups in total. The van der Waals surface area contributed by atoms with Gasteiger partial charge in [-0.3, -0.25) is 4.79 Å². The van der Waals surface area contributed by atoms with Gasteiger partial charge in [0.15, 0.2) is 11.5 Å². The molecule has 0 unspecified atom stereocenters. The normalized spacial score (nSPS) is 10.2. The largest absolute Gasteiger partial charge is 0.493 e. The molecule has 0 aliphatic carbocycles. The van der Waals surface area contributed by atoms with Crippen molar-refractivity contribution in [3.8, 4) is 11.5 Å². The van der Waals surface area contributed by atoms with Crippen molar-refractivity contribution in [3.05, 3.63) is 53.3 Å². The molecule has 2 aromatic rings. The maximum atomic E-state index is 13.8. The Hall–Kier alpha value is -2.76. The van der Waals surface area contributed by atoms with E-state index < -0.39 is 11.7 Å². The van der Waals surface area contributed by atoms with Gasteiger partial charge in [-0.2, -0.15) is 0 Å². The SMILES string of the molecule is COc1ccc(N)cc1OCc1ccc(C(N)=O)cc1F. The minimum atomic E-state index is -0.682. The first-order valence-corrected chi connectivity index (χ1v) is 6.16. The van der Waals surface area contributed by atoms with Gasteiger partial charge in [0.05, 0.1) is 7.11 Å². The van der Waals surface area contributed by atoms with Crippen molar-refractivity contribution in [2.75, 3.05) is 12.8 Å². The molecule has 0 fully saturated rings. The number of nitrogens with two attached hydrogens (primary N) is 2. The predicted molar refractivity (Wildman–Crippen MR) is 76.7 cm³/mol. The molecule has 110 valence electrons. The van der Waals surface area contributed by atoms with Crippen LogP contribution in [0.1, 0.15) is 15.9 Å². The Kier molecular flexibility index (Phi) is 4.27. The summed E-state index contributed by atoms with van der Waals surface area (Å²) >= 11 is 0. The van der Waals surface area contributed by atoms with E-state index in [-0.39, 0.29) is 12.2 Å². The molecule has 0 aliphatic heterocycles. The first-order valence-electron chi connectivity index (χ1n) is 6.16. The van der Waals surface area contributed by atoms with Gasteiger partial charge >= 0.3 is 0 Å². The summed E-state index contributed by atoms with van der Waals surface area (Å²) < 4.78 is 24.5. The zero-order valence-corrected chi connectivity index (χ0v) is 11.4. The molecule has 0 heterocycles. The van der Waals surface area contributed by atoms with Crippen LogP contribution in [0.25, 0.3) is 0 Å². The Morgan fingerprint density at radius 1 is 1.19 bits per heavy atom. The fourth-order valence-electron chi connectivity index (χ4n) is 1.78. The number of hydrogen-bond acceptors (Lipinski definition) is 4. The average Bonchev–Trinajstić information content (AvgIpc) is 2.46. The number of amides is 1. The highest BCUT2D eigenvalue weighted by molar-refractivity contribution is 5.92. The molecule has 0 aliphatic rings. The molecular formula is C15H15FN2O3. The van der Waals surface area contributed by atoms with E-state index in [0.717, 1.165) is 6.07 Å². The standard InChI is InChI=1S/C15H15FN2O3/c1-20-13-5-4-11(17)7-14(13)21-8-10-3-2-9(15(18)19)6-12(10)16/h2-7H,8,17H2,1H3,(H2,18,19). The van der Waals surface area contributed by atoms with Gasteiger partial charge in [-0.25, -0.2) is 4.39 Å². The fourth-order valence-corrected chi connectivity index (χ4v) is 1.78. The van der Waals surface area contributed by atoms with Gasteiger partial charge in [0.25, 0.3) is 0 Å². The Morgan fingerprint density at radius 3 is 2.57 bits per heavy atom. The van der Waals surface area contributed by atoms with E-state index in [4.69, 9.17) is 20.9 Å². The lowest BCUT2D eigenvalue weighted by Crippen LogP contribution is -2.12. The number of rotatable bonds is 5. The van der Waals surface area contributed by atoms with Crippen molar-refractivity contribution in [2.45, 2.75) is 6.61 Å². The van der Waals surface area contributed by atoms with E-state index >= 15 is 0 Å². The molecule has 0 spiro atoms. The minimum absolute atomic E-state index is 0.0231. The fraction of sp³-hybridized carbons (Fsp3) is 0.133. The van der Waals surface area contributed by atoms with E-state index in [1.807, 2.05) is 0 Å². The maximum absolute atomic E-state index is 13.8. The van der Waals surface area contributed by atoms with Crippen LogP contribution >= 0.6 is 0 Å². The van der Waals surface area contributed by atoms with Gasteiger partial charge in [0, 0.05) is 22.9 Å².